The van der Waals surface area contributed by atoms with Crippen LogP contribution in [0.3, 0.4) is 0 Å². The summed E-state index contributed by atoms with van der Waals surface area (Å²) in [4.78, 5) is 0. The van der Waals surface area contributed by atoms with Crippen LogP contribution in [-0.4, -0.2) is 6.61 Å². The lowest BCUT2D eigenvalue weighted by atomic mass is 10.3. The quantitative estimate of drug-likeness (QED) is 0.541. The highest BCUT2D eigenvalue weighted by Gasteiger charge is 2.10. The standard InChI is InChI=1S/C8H13IO/c1-2-10-8(9)7-5-3-4-6-7/h2-6H2,1H3. The first-order valence-corrected chi connectivity index (χ1v) is 4.92. The minimum absolute atomic E-state index is 0.807. The maximum absolute atomic E-state index is 5.39. The van der Waals surface area contributed by atoms with Crippen molar-refractivity contribution in [2.45, 2.75) is 32.6 Å². The van der Waals surface area contributed by atoms with E-state index in [4.69, 9.17) is 4.74 Å². The molecule has 1 saturated carbocycles. The van der Waals surface area contributed by atoms with E-state index in [2.05, 4.69) is 22.6 Å². The van der Waals surface area contributed by atoms with Crippen molar-refractivity contribution in [3.63, 3.8) is 0 Å². The lowest BCUT2D eigenvalue weighted by molar-refractivity contribution is 0.259. The zero-order chi connectivity index (χ0) is 7.40. The highest BCUT2D eigenvalue weighted by atomic mass is 127. The molecule has 0 aliphatic heterocycles. The highest BCUT2D eigenvalue weighted by molar-refractivity contribution is 14.1. The van der Waals surface area contributed by atoms with E-state index in [-0.39, 0.29) is 0 Å². The zero-order valence-electron chi connectivity index (χ0n) is 6.32. The molecular formula is C8H13IO. The molecule has 0 amide bonds. The molecule has 0 radical (unpaired) electrons. The predicted molar refractivity (Wildman–Crippen MR) is 51.1 cm³/mol. The van der Waals surface area contributed by atoms with Crippen LogP contribution in [0.4, 0.5) is 0 Å². The van der Waals surface area contributed by atoms with Crippen LogP contribution >= 0.6 is 22.6 Å². The normalized spacial score (nSPS) is 17.6. The van der Waals surface area contributed by atoms with Crippen LogP contribution in [-0.2, 0) is 4.74 Å². The van der Waals surface area contributed by atoms with Gasteiger partial charge in [-0.05, 0) is 60.8 Å². The smallest absolute Gasteiger partial charge is 0.155 e. The third-order valence-corrected chi connectivity index (χ3v) is 2.83. The number of ether oxygens (including phenoxy) is 1. The van der Waals surface area contributed by atoms with Crippen molar-refractivity contribution in [1.29, 1.82) is 0 Å². The Morgan fingerprint density at radius 3 is 2.60 bits per heavy atom. The van der Waals surface area contributed by atoms with Crippen LogP contribution in [0, 0.1) is 0 Å². The highest BCUT2D eigenvalue weighted by Crippen LogP contribution is 2.30. The molecule has 10 heavy (non-hydrogen) atoms. The minimum atomic E-state index is 0.807. The van der Waals surface area contributed by atoms with E-state index in [0.29, 0.717) is 0 Å². The van der Waals surface area contributed by atoms with Gasteiger partial charge in [0.25, 0.3) is 0 Å². The lowest BCUT2D eigenvalue weighted by Gasteiger charge is -2.03. The van der Waals surface area contributed by atoms with Gasteiger partial charge in [-0.2, -0.15) is 0 Å². The Hall–Kier alpha value is 0.270. The Kier molecular flexibility index (Phi) is 3.52. The third kappa shape index (κ3) is 2.15. The van der Waals surface area contributed by atoms with Crippen LogP contribution in [0.15, 0.2) is 9.34 Å². The van der Waals surface area contributed by atoms with Gasteiger partial charge in [-0.15, -0.1) is 0 Å². The Morgan fingerprint density at radius 1 is 1.50 bits per heavy atom. The summed E-state index contributed by atoms with van der Waals surface area (Å²) in [5.74, 6) is 0. The molecule has 1 aliphatic carbocycles. The van der Waals surface area contributed by atoms with Crippen molar-refractivity contribution in [2.75, 3.05) is 6.61 Å². The second-order valence-corrected chi connectivity index (χ2v) is 3.50. The Labute approximate surface area is 76.0 Å². The number of hydrogen-bond acceptors (Lipinski definition) is 1. The van der Waals surface area contributed by atoms with Crippen molar-refractivity contribution in [3.05, 3.63) is 9.34 Å². The topological polar surface area (TPSA) is 9.23 Å². The summed E-state index contributed by atoms with van der Waals surface area (Å²) < 4.78 is 6.54. The molecule has 0 spiro atoms. The fourth-order valence-corrected chi connectivity index (χ4v) is 2.08. The summed E-state index contributed by atoms with van der Waals surface area (Å²) in [6.45, 7) is 2.84. The van der Waals surface area contributed by atoms with Gasteiger partial charge in [0.2, 0.25) is 0 Å². The van der Waals surface area contributed by atoms with Crippen LogP contribution in [0.2, 0.25) is 0 Å². The summed E-state index contributed by atoms with van der Waals surface area (Å²) >= 11 is 2.30. The maximum atomic E-state index is 5.39. The maximum Gasteiger partial charge on any atom is 0.155 e. The van der Waals surface area contributed by atoms with Gasteiger partial charge < -0.3 is 4.74 Å². The molecule has 0 unspecified atom stereocenters. The Bertz CT molecular complexity index is 132. The number of allylic oxidation sites excluding steroid dienone is 1. The van der Waals surface area contributed by atoms with Crippen molar-refractivity contribution >= 4 is 22.6 Å². The monoisotopic (exact) mass is 252 g/mol. The SMILES string of the molecule is CCOC(I)=C1CCCC1. The number of rotatable bonds is 2. The summed E-state index contributed by atoms with van der Waals surface area (Å²) in [7, 11) is 0. The molecular weight excluding hydrogens is 239 g/mol. The molecule has 0 heterocycles. The van der Waals surface area contributed by atoms with Gasteiger partial charge in [-0.25, -0.2) is 0 Å². The Morgan fingerprint density at radius 2 is 2.10 bits per heavy atom. The van der Waals surface area contributed by atoms with Crippen LogP contribution in [0.25, 0.3) is 0 Å². The van der Waals surface area contributed by atoms with Gasteiger partial charge in [0.15, 0.2) is 3.77 Å². The number of halogens is 1. The molecule has 0 N–H and O–H groups in total. The predicted octanol–water partition coefficient (Wildman–Crippen LogP) is 3.24. The molecule has 1 nitrogen and oxygen atoms in total. The van der Waals surface area contributed by atoms with E-state index in [0.717, 1.165) is 10.4 Å². The summed E-state index contributed by atoms with van der Waals surface area (Å²) in [6.07, 6.45) is 5.24. The van der Waals surface area contributed by atoms with E-state index >= 15 is 0 Å². The second kappa shape index (κ2) is 4.21. The van der Waals surface area contributed by atoms with Crippen molar-refractivity contribution in [2.24, 2.45) is 0 Å². The molecule has 1 fully saturated rings. The fraction of sp³-hybridized carbons (Fsp3) is 0.750. The summed E-state index contributed by atoms with van der Waals surface area (Å²) in [5, 5.41) is 0. The van der Waals surface area contributed by atoms with Gasteiger partial charge in [0, 0.05) is 0 Å². The van der Waals surface area contributed by atoms with Gasteiger partial charge in [-0.3, -0.25) is 0 Å². The van der Waals surface area contributed by atoms with Crippen LogP contribution in [0.1, 0.15) is 32.6 Å². The molecule has 2 heteroatoms. The molecule has 58 valence electrons. The van der Waals surface area contributed by atoms with E-state index in [1.807, 2.05) is 6.92 Å². The van der Waals surface area contributed by atoms with E-state index < -0.39 is 0 Å². The third-order valence-electron chi connectivity index (χ3n) is 1.76. The van der Waals surface area contributed by atoms with Crippen molar-refractivity contribution in [3.8, 4) is 0 Å². The zero-order valence-corrected chi connectivity index (χ0v) is 8.48. The molecule has 0 aromatic carbocycles. The van der Waals surface area contributed by atoms with E-state index in [1.54, 1.807) is 0 Å². The molecule has 1 rings (SSSR count). The van der Waals surface area contributed by atoms with Gasteiger partial charge in [-0.1, -0.05) is 0 Å². The van der Waals surface area contributed by atoms with Crippen LogP contribution < -0.4 is 0 Å². The fourth-order valence-electron chi connectivity index (χ4n) is 1.23. The van der Waals surface area contributed by atoms with Gasteiger partial charge >= 0.3 is 0 Å². The lowest BCUT2D eigenvalue weighted by Crippen LogP contribution is -1.87. The molecule has 0 saturated heterocycles. The van der Waals surface area contributed by atoms with Crippen molar-refractivity contribution < 1.29 is 4.74 Å². The van der Waals surface area contributed by atoms with Gasteiger partial charge in [0.05, 0.1) is 6.61 Å². The van der Waals surface area contributed by atoms with E-state index in [9.17, 15) is 0 Å². The molecule has 0 atom stereocenters. The molecule has 0 aromatic heterocycles. The Balaban J connectivity index is 2.46. The first kappa shape index (κ1) is 8.37. The molecule has 1 aliphatic rings. The number of hydrogen-bond donors (Lipinski definition) is 0. The van der Waals surface area contributed by atoms with E-state index in [1.165, 1.54) is 31.3 Å². The second-order valence-electron chi connectivity index (χ2n) is 2.52. The summed E-state index contributed by atoms with van der Waals surface area (Å²) in [6, 6.07) is 0. The minimum Gasteiger partial charge on any atom is -0.488 e. The molecule has 0 bridgehead atoms. The van der Waals surface area contributed by atoms with Gasteiger partial charge in [0.1, 0.15) is 0 Å². The largest absolute Gasteiger partial charge is 0.488 e. The average Bonchev–Trinajstić information content (AvgIpc) is 2.38. The molecule has 0 aromatic rings. The first-order chi connectivity index (χ1) is 4.84. The van der Waals surface area contributed by atoms with Crippen molar-refractivity contribution in [1.82, 2.24) is 0 Å². The first-order valence-electron chi connectivity index (χ1n) is 3.85. The summed E-state index contributed by atoms with van der Waals surface area (Å²) in [5.41, 5.74) is 1.53. The van der Waals surface area contributed by atoms with Crippen LogP contribution in [0.5, 0.6) is 0 Å². The average molecular weight is 252 g/mol.